The third kappa shape index (κ3) is 3.45. The lowest BCUT2D eigenvalue weighted by Gasteiger charge is -2.06. The fraction of sp³-hybridized carbons (Fsp3) is 0.0625. The maximum absolute atomic E-state index is 9.33. The van der Waals surface area contributed by atoms with E-state index in [0.717, 1.165) is 16.8 Å². The molecule has 1 N–H and O–H groups in total. The standard InChI is InChI=1S/C16H15NO2/c1-19-15(18)12-17-16(13-8-4-2-5-9-13)14-10-6-3-7-11-14/h2-12,18H,1H3/b15-12+. The van der Waals surface area contributed by atoms with Gasteiger partial charge in [0.05, 0.1) is 12.8 Å². The molecule has 0 unspecified atom stereocenters. The van der Waals surface area contributed by atoms with E-state index in [4.69, 9.17) is 0 Å². The highest BCUT2D eigenvalue weighted by molar-refractivity contribution is 6.13. The molecule has 2 rings (SSSR count). The van der Waals surface area contributed by atoms with Crippen molar-refractivity contribution in [1.82, 2.24) is 0 Å². The molecule has 0 amide bonds. The Morgan fingerprint density at radius 1 is 0.947 bits per heavy atom. The molecule has 0 bridgehead atoms. The van der Waals surface area contributed by atoms with Crippen molar-refractivity contribution in [1.29, 1.82) is 0 Å². The van der Waals surface area contributed by atoms with Crippen LogP contribution in [-0.2, 0) is 4.74 Å². The maximum atomic E-state index is 9.33. The molecule has 0 radical (unpaired) electrons. The predicted octanol–water partition coefficient (Wildman–Crippen LogP) is 3.53. The minimum absolute atomic E-state index is 0.218. The molecule has 3 nitrogen and oxygen atoms in total. The van der Waals surface area contributed by atoms with Crippen LogP contribution in [0.3, 0.4) is 0 Å². The van der Waals surface area contributed by atoms with Crippen LogP contribution < -0.4 is 0 Å². The Labute approximate surface area is 112 Å². The van der Waals surface area contributed by atoms with Gasteiger partial charge in [-0.1, -0.05) is 60.7 Å². The molecule has 2 aromatic rings. The summed E-state index contributed by atoms with van der Waals surface area (Å²) in [7, 11) is 1.39. The van der Waals surface area contributed by atoms with Gasteiger partial charge in [0.2, 0.25) is 0 Å². The van der Waals surface area contributed by atoms with Crippen LogP contribution in [0.2, 0.25) is 0 Å². The van der Waals surface area contributed by atoms with Gasteiger partial charge in [0.15, 0.2) is 0 Å². The van der Waals surface area contributed by atoms with E-state index >= 15 is 0 Å². The quantitative estimate of drug-likeness (QED) is 0.669. The van der Waals surface area contributed by atoms with E-state index in [1.807, 2.05) is 60.7 Å². The Morgan fingerprint density at radius 2 is 1.42 bits per heavy atom. The Balaban J connectivity index is 2.46. The average molecular weight is 253 g/mol. The minimum Gasteiger partial charge on any atom is -0.480 e. The van der Waals surface area contributed by atoms with Crippen molar-refractivity contribution in [3.63, 3.8) is 0 Å². The largest absolute Gasteiger partial charge is 0.480 e. The molecule has 0 saturated carbocycles. The summed E-state index contributed by atoms with van der Waals surface area (Å²) < 4.78 is 4.68. The van der Waals surface area contributed by atoms with Crippen LogP contribution in [-0.4, -0.2) is 17.9 Å². The van der Waals surface area contributed by atoms with E-state index < -0.39 is 0 Å². The number of aliphatic hydroxyl groups is 1. The van der Waals surface area contributed by atoms with Crippen molar-refractivity contribution in [2.75, 3.05) is 7.11 Å². The van der Waals surface area contributed by atoms with Crippen molar-refractivity contribution in [3.8, 4) is 0 Å². The zero-order chi connectivity index (χ0) is 13.5. The van der Waals surface area contributed by atoms with Crippen molar-refractivity contribution in [2.45, 2.75) is 0 Å². The molecule has 0 saturated heterocycles. The van der Waals surface area contributed by atoms with Gasteiger partial charge >= 0.3 is 0 Å². The van der Waals surface area contributed by atoms with E-state index in [2.05, 4.69) is 9.73 Å². The SMILES string of the molecule is CO/C(O)=C/N=C(c1ccccc1)c1ccccc1. The van der Waals surface area contributed by atoms with Gasteiger partial charge in [0.25, 0.3) is 5.95 Å². The Bertz CT molecular complexity index is 533. The zero-order valence-electron chi connectivity index (χ0n) is 10.7. The molecule has 0 fully saturated rings. The van der Waals surface area contributed by atoms with Gasteiger partial charge in [0, 0.05) is 11.1 Å². The third-order valence-electron chi connectivity index (χ3n) is 2.61. The van der Waals surface area contributed by atoms with Crippen LogP contribution in [0.25, 0.3) is 0 Å². The van der Waals surface area contributed by atoms with Gasteiger partial charge in [-0.15, -0.1) is 0 Å². The molecule has 0 aromatic heterocycles. The van der Waals surface area contributed by atoms with Crippen LogP contribution in [0.15, 0.2) is 77.8 Å². The van der Waals surface area contributed by atoms with E-state index in [1.165, 1.54) is 13.3 Å². The number of hydrogen-bond acceptors (Lipinski definition) is 3. The van der Waals surface area contributed by atoms with Gasteiger partial charge in [-0.3, -0.25) is 0 Å². The predicted molar refractivity (Wildman–Crippen MR) is 76.2 cm³/mol. The lowest BCUT2D eigenvalue weighted by atomic mass is 10.0. The second-order valence-corrected chi connectivity index (χ2v) is 3.88. The number of nitrogens with zero attached hydrogens (tertiary/aromatic N) is 1. The number of benzene rings is 2. The van der Waals surface area contributed by atoms with Crippen molar-refractivity contribution in [2.24, 2.45) is 4.99 Å². The van der Waals surface area contributed by atoms with Crippen molar-refractivity contribution < 1.29 is 9.84 Å². The van der Waals surface area contributed by atoms with Crippen LogP contribution in [0.1, 0.15) is 11.1 Å². The molecule has 0 aliphatic carbocycles. The number of methoxy groups -OCH3 is 1. The Kier molecular flexibility index (Phi) is 4.34. The molecule has 0 aliphatic heterocycles. The molecule has 0 heterocycles. The molecule has 2 aromatic carbocycles. The molecule has 0 atom stereocenters. The summed E-state index contributed by atoms with van der Waals surface area (Å²) in [5.41, 5.74) is 2.74. The molecule has 0 aliphatic rings. The second kappa shape index (κ2) is 6.40. The molecule has 3 heteroatoms. The van der Waals surface area contributed by atoms with Crippen LogP contribution in [0.5, 0.6) is 0 Å². The summed E-state index contributed by atoms with van der Waals surface area (Å²) in [6.07, 6.45) is 1.30. The number of aliphatic imine (C=N–C) groups is 1. The summed E-state index contributed by atoms with van der Waals surface area (Å²) in [4.78, 5) is 4.31. The maximum Gasteiger partial charge on any atom is 0.295 e. The fourth-order valence-electron chi connectivity index (χ4n) is 1.68. The smallest absolute Gasteiger partial charge is 0.295 e. The Morgan fingerprint density at radius 3 is 1.84 bits per heavy atom. The van der Waals surface area contributed by atoms with E-state index in [9.17, 15) is 5.11 Å². The van der Waals surface area contributed by atoms with Crippen molar-refractivity contribution in [3.05, 3.63) is 83.9 Å². The monoisotopic (exact) mass is 253 g/mol. The first-order chi connectivity index (χ1) is 9.31. The Hall–Kier alpha value is -2.55. The highest BCUT2D eigenvalue weighted by Crippen LogP contribution is 2.11. The molecule has 96 valence electrons. The highest BCUT2D eigenvalue weighted by Gasteiger charge is 2.05. The van der Waals surface area contributed by atoms with E-state index in [-0.39, 0.29) is 5.95 Å². The molecular weight excluding hydrogens is 238 g/mol. The van der Waals surface area contributed by atoms with Crippen molar-refractivity contribution >= 4 is 5.71 Å². The van der Waals surface area contributed by atoms with E-state index in [1.54, 1.807) is 0 Å². The molecular formula is C16H15NO2. The number of hydrogen-bond donors (Lipinski definition) is 1. The fourth-order valence-corrected chi connectivity index (χ4v) is 1.68. The topological polar surface area (TPSA) is 41.8 Å². The normalized spacial score (nSPS) is 10.9. The van der Waals surface area contributed by atoms with Crippen LogP contribution in [0, 0.1) is 0 Å². The average Bonchev–Trinajstić information content (AvgIpc) is 2.49. The summed E-state index contributed by atoms with van der Waals surface area (Å²) in [6.45, 7) is 0. The van der Waals surface area contributed by atoms with Gasteiger partial charge in [0.1, 0.15) is 6.20 Å². The number of rotatable bonds is 4. The van der Waals surface area contributed by atoms with Gasteiger partial charge in [-0.05, 0) is 0 Å². The highest BCUT2D eigenvalue weighted by atomic mass is 16.6. The summed E-state index contributed by atoms with van der Waals surface area (Å²) in [5.74, 6) is -0.218. The van der Waals surface area contributed by atoms with Gasteiger partial charge < -0.3 is 9.84 Å². The number of ether oxygens (including phenoxy) is 1. The van der Waals surface area contributed by atoms with Gasteiger partial charge in [-0.2, -0.15) is 0 Å². The van der Waals surface area contributed by atoms with E-state index in [0.29, 0.717) is 0 Å². The molecule has 0 spiro atoms. The van der Waals surface area contributed by atoms with Crippen LogP contribution >= 0.6 is 0 Å². The number of aliphatic hydroxyl groups excluding tert-OH is 1. The van der Waals surface area contributed by atoms with Gasteiger partial charge in [-0.25, -0.2) is 4.99 Å². The first-order valence-corrected chi connectivity index (χ1v) is 5.93. The third-order valence-corrected chi connectivity index (χ3v) is 2.61. The lowest BCUT2D eigenvalue weighted by molar-refractivity contribution is 0.135. The lowest BCUT2D eigenvalue weighted by Crippen LogP contribution is -2.02. The first-order valence-electron chi connectivity index (χ1n) is 5.93. The zero-order valence-corrected chi connectivity index (χ0v) is 10.7. The summed E-state index contributed by atoms with van der Waals surface area (Å²) >= 11 is 0. The summed E-state index contributed by atoms with van der Waals surface area (Å²) in [6, 6.07) is 19.6. The molecule has 19 heavy (non-hydrogen) atoms. The van der Waals surface area contributed by atoms with Crippen LogP contribution in [0.4, 0.5) is 0 Å². The minimum atomic E-state index is -0.218. The second-order valence-electron chi connectivity index (χ2n) is 3.88. The first kappa shape index (κ1) is 12.9. The summed E-state index contributed by atoms with van der Waals surface area (Å²) in [5, 5.41) is 9.33.